The quantitative estimate of drug-likeness (QED) is 0.909. The van der Waals surface area contributed by atoms with Crippen LogP contribution >= 0.6 is 0 Å². The number of amides is 1. The second kappa shape index (κ2) is 6.67. The molecule has 0 radical (unpaired) electrons. The fourth-order valence-electron chi connectivity index (χ4n) is 3.73. The first-order valence-corrected chi connectivity index (χ1v) is 8.99. The predicted octanol–water partition coefficient (Wildman–Crippen LogP) is 2.82. The van der Waals surface area contributed by atoms with E-state index < -0.39 is 0 Å². The Labute approximate surface area is 142 Å². The number of rotatable bonds is 4. The van der Waals surface area contributed by atoms with E-state index in [1.807, 2.05) is 0 Å². The molecule has 126 valence electrons. The fourth-order valence-corrected chi connectivity index (χ4v) is 3.73. The number of hydrogen-bond acceptors (Lipinski definition) is 3. The highest BCUT2D eigenvalue weighted by atomic mass is 16.1. The van der Waals surface area contributed by atoms with E-state index in [0.29, 0.717) is 12.2 Å². The van der Waals surface area contributed by atoms with Gasteiger partial charge in [-0.3, -0.25) is 9.89 Å². The zero-order chi connectivity index (χ0) is 16.4. The third-order valence-electron chi connectivity index (χ3n) is 5.13. The van der Waals surface area contributed by atoms with E-state index in [0.717, 1.165) is 49.2 Å². The van der Waals surface area contributed by atoms with E-state index in [1.165, 1.54) is 24.9 Å². The van der Waals surface area contributed by atoms with Crippen molar-refractivity contribution in [1.82, 2.24) is 15.5 Å². The van der Waals surface area contributed by atoms with Crippen LogP contribution in [0.1, 0.15) is 53.0 Å². The minimum Gasteiger partial charge on any atom is -0.372 e. The summed E-state index contributed by atoms with van der Waals surface area (Å²) in [7, 11) is 0. The summed E-state index contributed by atoms with van der Waals surface area (Å²) in [5, 5.41) is 10.3. The average Bonchev–Trinajstić information content (AvgIpc) is 3.30. The molecule has 0 bridgehead atoms. The van der Waals surface area contributed by atoms with Gasteiger partial charge in [-0.1, -0.05) is 12.1 Å². The lowest BCUT2D eigenvalue weighted by Gasteiger charge is -2.17. The number of carbonyl (C=O) groups excluding carboxylic acids is 1. The van der Waals surface area contributed by atoms with Crippen LogP contribution in [0.5, 0.6) is 0 Å². The predicted molar refractivity (Wildman–Crippen MR) is 94.3 cm³/mol. The van der Waals surface area contributed by atoms with Gasteiger partial charge in [-0.05, 0) is 56.2 Å². The first kappa shape index (κ1) is 15.2. The minimum absolute atomic E-state index is 0.0713. The van der Waals surface area contributed by atoms with Crippen molar-refractivity contribution in [2.75, 3.05) is 18.0 Å². The molecule has 2 aliphatic rings. The molecule has 1 aliphatic carbocycles. The Morgan fingerprint density at radius 2 is 1.83 bits per heavy atom. The first-order valence-electron chi connectivity index (χ1n) is 8.99. The molecule has 4 rings (SSSR count). The van der Waals surface area contributed by atoms with Crippen LogP contribution in [-0.4, -0.2) is 29.2 Å². The summed E-state index contributed by atoms with van der Waals surface area (Å²) in [5.74, 6) is -0.0713. The molecule has 0 unspecified atom stereocenters. The zero-order valence-electron chi connectivity index (χ0n) is 14.0. The maximum atomic E-state index is 12.4. The number of anilines is 1. The highest BCUT2D eigenvalue weighted by molar-refractivity contribution is 5.94. The standard InChI is InChI=1S/C19H24N4O/c24-19(18-16-5-1-2-6-17(16)21-22-18)20-13-14-7-9-15(10-8-14)23-11-3-4-12-23/h7-10H,1-6,11-13H2,(H,20,24)(H,21,22). The first-order chi connectivity index (χ1) is 11.8. The molecule has 2 heterocycles. The number of aryl methyl sites for hydroxylation is 1. The zero-order valence-corrected chi connectivity index (χ0v) is 14.0. The monoisotopic (exact) mass is 324 g/mol. The molecule has 24 heavy (non-hydrogen) atoms. The Bertz CT molecular complexity index is 713. The lowest BCUT2D eigenvalue weighted by atomic mass is 9.96. The van der Waals surface area contributed by atoms with E-state index in [1.54, 1.807) is 0 Å². The van der Waals surface area contributed by atoms with Gasteiger partial charge in [0.2, 0.25) is 0 Å². The Kier molecular flexibility index (Phi) is 4.24. The molecule has 1 saturated heterocycles. The van der Waals surface area contributed by atoms with Gasteiger partial charge >= 0.3 is 0 Å². The van der Waals surface area contributed by atoms with Crippen LogP contribution in [0.4, 0.5) is 5.69 Å². The van der Waals surface area contributed by atoms with E-state index in [-0.39, 0.29) is 5.91 Å². The lowest BCUT2D eigenvalue weighted by Crippen LogP contribution is -2.24. The van der Waals surface area contributed by atoms with Gasteiger partial charge in [0.15, 0.2) is 5.69 Å². The van der Waals surface area contributed by atoms with Crippen molar-refractivity contribution in [3.8, 4) is 0 Å². The van der Waals surface area contributed by atoms with Gasteiger partial charge in [0.25, 0.3) is 5.91 Å². The average molecular weight is 324 g/mol. The number of fused-ring (bicyclic) bond motifs is 1. The summed E-state index contributed by atoms with van der Waals surface area (Å²) in [6.07, 6.45) is 6.86. The van der Waals surface area contributed by atoms with Crippen LogP contribution in [0.3, 0.4) is 0 Å². The molecule has 0 spiro atoms. The van der Waals surface area contributed by atoms with Crippen molar-refractivity contribution >= 4 is 11.6 Å². The molecule has 2 N–H and O–H groups in total. The maximum Gasteiger partial charge on any atom is 0.272 e. The van der Waals surface area contributed by atoms with Crippen molar-refractivity contribution < 1.29 is 4.79 Å². The SMILES string of the molecule is O=C(NCc1ccc(N2CCCC2)cc1)c1n[nH]c2c1CCCC2. The van der Waals surface area contributed by atoms with Crippen LogP contribution in [0, 0.1) is 0 Å². The largest absolute Gasteiger partial charge is 0.372 e. The topological polar surface area (TPSA) is 61.0 Å². The third-order valence-corrected chi connectivity index (χ3v) is 5.13. The summed E-state index contributed by atoms with van der Waals surface area (Å²) in [6, 6.07) is 8.52. The number of aromatic nitrogens is 2. The fraction of sp³-hybridized carbons (Fsp3) is 0.474. The van der Waals surface area contributed by atoms with Crippen molar-refractivity contribution in [3.63, 3.8) is 0 Å². The Hall–Kier alpha value is -2.30. The second-order valence-electron chi connectivity index (χ2n) is 6.78. The number of benzene rings is 1. The molecule has 0 atom stereocenters. The molecule has 1 aromatic carbocycles. The second-order valence-corrected chi connectivity index (χ2v) is 6.78. The maximum absolute atomic E-state index is 12.4. The summed E-state index contributed by atoms with van der Waals surface area (Å²) in [6.45, 7) is 2.85. The number of nitrogens with zero attached hydrogens (tertiary/aromatic N) is 2. The summed E-state index contributed by atoms with van der Waals surface area (Å²) in [4.78, 5) is 14.8. The van der Waals surface area contributed by atoms with E-state index in [9.17, 15) is 4.79 Å². The smallest absolute Gasteiger partial charge is 0.272 e. The summed E-state index contributed by atoms with van der Waals surface area (Å²) < 4.78 is 0. The lowest BCUT2D eigenvalue weighted by molar-refractivity contribution is 0.0945. The Morgan fingerprint density at radius 1 is 1.08 bits per heavy atom. The molecule has 0 saturated carbocycles. The normalized spacial score (nSPS) is 16.9. The summed E-state index contributed by atoms with van der Waals surface area (Å²) >= 11 is 0. The summed E-state index contributed by atoms with van der Waals surface area (Å²) in [5.41, 5.74) is 5.24. The molecule has 1 aliphatic heterocycles. The Morgan fingerprint density at radius 3 is 2.62 bits per heavy atom. The number of carbonyl (C=O) groups is 1. The van der Waals surface area contributed by atoms with E-state index in [4.69, 9.17) is 0 Å². The highest BCUT2D eigenvalue weighted by Gasteiger charge is 2.21. The van der Waals surface area contributed by atoms with Crippen LogP contribution < -0.4 is 10.2 Å². The molecular formula is C19H24N4O. The van der Waals surface area contributed by atoms with Gasteiger partial charge in [-0.2, -0.15) is 5.10 Å². The van der Waals surface area contributed by atoms with Gasteiger partial charge in [-0.25, -0.2) is 0 Å². The van der Waals surface area contributed by atoms with Gasteiger partial charge in [0, 0.05) is 36.6 Å². The van der Waals surface area contributed by atoms with Crippen LogP contribution in [-0.2, 0) is 19.4 Å². The number of nitrogens with one attached hydrogen (secondary N) is 2. The third kappa shape index (κ3) is 3.03. The van der Waals surface area contributed by atoms with Crippen molar-refractivity contribution in [2.45, 2.75) is 45.1 Å². The van der Waals surface area contributed by atoms with Crippen molar-refractivity contribution in [3.05, 3.63) is 46.8 Å². The van der Waals surface area contributed by atoms with Crippen LogP contribution in [0.2, 0.25) is 0 Å². The minimum atomic E-state index is -0.0713. The van der Waals surface area contributed by atoms with Gasteiger partial charge in [0.05, 0.1) is 0 Å². The number of H-pyrrole nitrogens is 1. The van der Waals surface area contributed by atoms with Crippen molar-refractivity contribution in [1.29, 1.82) is 0 Å². The van der Waals surface area contributed by atoms with E-state index in [2.05, 4.69) is 44.7 Å². The van der Waals surface area contributed by atoms with Crippen LogP contribution in [0.15, 0.2) is 24.3 Å². The molecule has 1 amide bonds. The van der Waals surface area contributed by atoms with Crippen molar-refractivity contribution in [2.24, 2.45) is 0 Å². The Balaban J connectivity index is 1.37. The number of aromatic amines is 1. The van der Waals surface area contributed by atoms with Crippen LogP contribution in [0.25, 0.3) is 0 Å². The van der Waals surface area contributed by atoms with Gasteiger partial charge in [-0.15, -0.1) is 0 Å². The highest BCUT2D eigenvalue weighted by Crippen LogP contribution is 2.22. The van der Waals surface area contributed by atoms with Gasteiger partial charge in [0.1, 0.15) is 0 Å². The molecule has 5 heteroatoms. The molecule has 1 aromatic heterocycles. The van der Waals surface area contributed by atoms with Gasteiger partial charge < -0.3 is 10.2 Å². The van der Waals surface area contributed by atoms with E-state index >= 15 is 0 Å². The molecule has 2 aromatic rings. The molecule has 5 nitrogen and oxygen atoms in total. The number of hydrogen-bond donors (Lipinski definition) is 2. The molecule has 1 fully saturated rings. The molecular weight excluding hydrogens is 300 g/mol.